The molecule has 0 saturated heterocycles. The Morgan fingerprint density at radius 1 is 1.18 bits per heavy atom. The molecule has 0 radical (unpaired) electrons. The Bertz CT molecular complexity index is 1040. The normalized spacial score (nSPS) is 21.0. The number of hydrogen-bond acceptors (Lipinski definition) is 9. The molecule has 0 aromatic heterocycles. The summed E-state index contributed by atoms with van der Waals surface area (Å²) >= 11 is 0. The van der Waals surface area contributed by atoms with Crippen molar-refractivity contribution in [2.45, 2.75) is 19.4 Å². The van der Waals surface area contributed by atoms with Gasteiger partial charge in [-0.25, -0.2) is 4.99 Å². The largest absolute Gasteiger partial charge is 0.495 e. The minimum Gasteiger partial charge on any atom is -0.495 e. The van der Waals surface area contributed by atoms with Crippen LogP contribution in [-0.2, 0) is 0 Å². The van der Waals surface area contributed by atoms with Crippen LogP contribution in [0.15, 0.2) is 64.7 Å². The Morgan fingerprint density at radius 3 is 2.76 bits per heavy atom. The number of fused-ring (bicyclic) bond motifs is 1. The highest BCUT2D eigenvalue weighted by Gasteiger charge is 2.32. The van der Waals surface area contributed by atoms with E-state index in [1.807, 2.05) is 43.6 Å². The number of rotatable bonds is 8. The molecule has 9 nitrogen and oxygen atoms in total. The first kappa shape index (κ1) is 22.6. The topological polar surface area (TPSA) is 93.4 Å². The van der Waals surface area contributed by atoms with Crippen molar-refractivity contribution in [3.05, 3.63) is 59.7 Å². The summed E-state index contributed by atoms with van der Waals surface area (Å²) in [4.78, 5) is 11.0. The average molecular weight is 451 g/mol. The zero-order valence-electron chi connectivity index (χ0n) is 20.0. The van der Waals surface area contributed by atoms with Crippen molar-refractivity contribution in [2.24, 2.45) is 4.99 Å². The molecule has 0 fully saturated rings. The number of ether oxygens (including phenoxy) is 1. The van der Waals surface area contributed by atoms with E-state index in [0.717, 1.165) is 35.9 Å². The first-order valence-corrected chi connectivity index (χ1v) is 11.1. The van der Waals surface area contributed by atoms with E-state index >= 15 is 0 Å². The quantitative estimate of drug-likeness (QED) is 0.448. The van der Waals surface area contributed by atoms with Crippen LogP contribution < -0.4 is 31.3 Å². The Morgan fingerprint density at radius 2 is 2.00 bits per heavy atom. The van der Waals surface area contributed by atoms with Gasteiger partial charge in [-0.3, -0.25) is 0 Å². The van der Waals surface area contributed by atoms with E-state index < -0.39 is 0 Å². The molecule has 176 valence electrons. The standard InChI is InChI=1S/C24H34N8O/c1-16-20-8-6-7-11-32(20)23(27-16)18-9-10-26-24(28-18)29-19-14-17(25)21(15-22(19)33-5)31(4)13-12-30(2)3/h6-11,14-15,23-24,27-29H,12-13,25H2,1-5H3. The van der Waals surface area contributed by atoms with Crippen LogP contribution in [-0.4, -0.2) is 69.8 Å². The van der Waals surface area contributed by atoms with Crippen LogP contribution in [0.1, 0.15) is 6.92 Å². The van der Waals surface area contributed by atoms with Crippen molar-refractivity contribution >= 4 is 23.3 Å². The van der Waals surface area contributed by atoms with Crippen LogP contribution in [0.4, 0.5) is 17.1 Å². The number of methoxy groups -OCH3 is 1. The lowest BCUT2D eigenvalue weighted by Gasteiger charge is -2.32. The van der Waals surface area contributed by atoms with Crippen LogP contribution >= 0.6 is 0 Å². The van der Waals surface area contributed by atoms with Crippen LogP contribution in [0, 0.1) is 0 Å². The van der Waals surface area contributed by atoms with E-state index in [-0.39, 0.29) is 12.5 Å². The third-order valence-corrected chi connectivity index (χ3v) is 5.93. The molecule has 3 heterocycles. The average Bonchev–Trinajstić information content (AvgIpc) is 3.14. The second-order valence-corrected chi connectivity index (χ2v) is 8.61. The number of benzene rings is 1. The maximum atomic E-state index is 6.42. The minimum absolute atomic E-state index is 0.0167. The van der Waals surface area contributed by atoms with Gasteiger partial charge in [-0.2, -0.15) is 0 Å². The summed E-state index contributed by atoms with van der Waals surface area (Å²) in [6.07, 6.45) is 11.7. The highest BCUT2D eigenvalue weighted by atomic mass is 16.5. The van der Waals surface area contributed by atoms with Gasteiger partial charge in [0.2, 0.25) is 0 Å². The fourth-order valence-electron chi connectivity index (χ4n) is 4.09. The highest BCUT2D eigenvalue weighted by Crippen LogP contribution is 2.35. The molecular weight excluding hydrogens is 416 g/mol. The van der Waals surface area contributed by atoms with Gasteiger partial charge in [0.15, 0.2) is 6.29 Å². The van der Waals surface area contributed by atoms with Crippen molar-refractivity contribution in [2.75, 3.05) is 57.3 Å². The van der Waals surface area contributed by atoms with Crippen LogP contribution in [0.3, 0.4) is 0 Å². The van der Waals surface area contributed by atoms with Gasteiger partial charge < -0.3 is 41.1 Å². The smallest absolute Gasteiger partial charge is 0.194 e. The SMILES string of the molecule is COc1cc(N(C)CCN(C)C)c(N)cc1NC1N=CC=C(C2NC(C)=C3C=CC=CN32)N1. The number of nitrogens with two attached hydrogens (primary N) is 1. The molecule has 3 aliphatic rings. The molecule has 0 amide bonds. The zero-order chi connectivity index (χ0) is 23.5. The maximum Gasteiger partial charge on any atom is 0.194 e. The zero-order valence-corrected chi connectivity index (χ0v) is 20.0. The summed E-state index contributed by atoms with van der Waals surface area (Å²) in [7, 11) is 7.82. The Kier molecular flexibility index (Phi) is 6.50. The molecule has 0 aliphatic carbocycles. The van der Waals surface area contributed by atoms with Gasteiger partial charge in [0, 0.05) is 44.3 Å². The molecule has 1 aromatic carbocycles. The van der Waals surface area contributed by atoms with E-state index in [9.17, 15) is 0 Å². The van der Waals surface area contributed by atoms with Gasteiger partial charge in [0.05, 0.1) is 35.6 Å². The predicted octanol–water partition coefficient (Wildman–Crippen LogP) is 2.07. The van der Waals surface area contributed by atoms with E-state index in [1.165, 1.54) is 5.70 Å². The fourth-order valence-corrected chi connectivity index (χ4v) is 4.09. The Balaban J connectivity index is 1.47. The second-order valence-electron chi connectivity index (χ2n) is 8.61. The van der Waals surface area contributed by atoms with E-state index in [1.54, 1.807) is 7.11 Å². The summed E-state index contributed by atoms with van der Waals surface area (Å²) in [5.41, 5.74) is 12.1. The number of nitrogens with zero attached hydrogens (tertiary/aromatic N) is 4. The lowest BCUT2D eigenvalue weighted by Crippen LogP contribution is -2.47. The molecule has 0 spiro atoms. The van der Waals surface area contributed by atoms with Crippen molar-refractivity contribution in [1.82, 2.24) is 20.4 Å². The molecule has 5 N–H and O–H groups in total. The number of aliphatic imine (C=N–C) groups is 1. The first-order valence-electron chi connectivity index (χ1n) is 11.1. The molecule has 3 aliphatic heterocycles. The summed E-state index contributed by atoms with van der Waals surface area (Å²) in [5, 5.41) is 10.5. The second kappa shape index (κ2) is 9.50. The number of nitrogen functional groups attached to an aromatic ring is 1. The molecule has 9 heteroatoms. The predicted molar refractivity (Wildman–Crippen MR) is 136 cm³/mol. The highest BCUT2D eigenvalue weighted by molar-refractivity contribution is 5.78. The summed E-state index contributed by atoms with van der Waals surface area (Å²) in [6.45, 7) is 3.88. The van der Waals surface area contributed by atoms with Crippen LogP contribution in [0.5, 0.6) is 5.75 Å². The molecular formula is C24H34N8O. The monoisotopic (exact) mass is 450 g/mol. The van der Waals surface area contributed by atoms with Gasteiger partial charge in [-0.05, 0) is 45.3 Å². The van der Waals surface area contributed by atoms with Crippen molar-refractivity contribution in [3.8, 4) is 5.75 Å². The molecule has 2 atom stereocenters. The van der Waals surface area contributed by atoms with Crippen LogP contribution in [0.2, 0.25) is 0 Å². The van der Waals surface area contributed by atoms with Gasteiger partial charge in [-0.15, -0.1) is 0 Å². The molecule has 0 bridgehead atoms. The summed E-state index contributed by atoms with van der Waals surface area (Å²) in [5.74, 6) is 0.715. The summed E-state index contributed by atoms with van der Waals surface area (Å²) in [6, 6.07) is 3.88. The van der Waals surface area contributed by atoms with Gasteiger partial charge in [0.25, 0.3) is 0 Å². The third-order valence-electron chi connectivity index (χ3n) is 5.93. The number of anilines is 3. The van der Waals surface area contributed by atoms with Crippen LogP contribution in [0.25, 0.3) is 0 Å². The number of likely N-dealkylation sites (N-methyl/N-ethyl adjacent to an activating group) is 2. The van der Waals surface area contributed by atoms with Gasteiger partial charge in [-0.1, -0.05) is 6.08 Å². The molecule has 33 heavy (non-hydrogen) atoms. The first-order chi connectivity index (χ1) is 15.9. The number of nitrogens with one attached hydrogen (secondary N) is 3. The number of allylic oxidation sites excluding steroid dienone is 5. The molecule has 0 saturated carbocycles. The van der Waals surface area contributed by atoms with E-state index in [2.05, 4.69) is 68.9 Å². The minimum atomic E-state index is -0.355. The third kappa shape index (κ3) is 4.78. The van der Waals surface area contributed by atoms with Gasteiger partial charge in [0.1, 0.15) is 11.9 Å². The van der Waals surface area contributed by atoms with E-state index in [0.29, 0.717) is 11.4 Å². The van der Waals surface area contributed by atoms with Crippen molar-refractivity contribution in [3.63, 3.8) is 0 Å². The lowest BCUT2D eigenvalue weighted by molar-refractivity contribution is 0.368. The lowest BCUT2D eigenvalue weighted by atomic mass is 10.2. The molecule has 2 unspecified atom stereocenters. The maximum absolute atomic E-state index is 6.42. The Labute approximate surface area is 196 Å². The van der Waals surface area contributed by atoms with E-state index in [4.69, 9.17) is 10.5 Å². The summed E-state index contributed by atoms with van der Waals surface area (Å²) < 4.78 is 5.68. The van der Waals surface area contributed by atoms with Gasteiger partial charge >= 0.3 is 0 Å². The van der Waals surface area contributed by atoms with Crippen molar-refractivity contribution < 1.29 is 4.74 Å². The van der Waals surface area contributed by atoms with Crippen molar-refractivity contribution in [1.29, 1.82) is 0 Å². The molecule has 1 aromatic rings. The molecule has 4 rings (SSSR count). The fraction of sp³-hybridized carbons (Fsp3) is 0.375. The Hall–Kier alpha value is -3.59. The number of hydrogen-bond donors (Lipinski definition) is 4.